The first-order chi connectivity index (χ1) is 41.4. The third-order valence-corrected chi connectivity index (χ3v) is 19.3. The number of hydrogen-bond acceptors (Lipinski definition) is 5. The van der Waals surface area contributed by atoms with Crippen LogP contribution in [0.3, 0.4) is 0 Å². The van der Waals surface area contributed by atoms with Crippen molar-refractivity contribution in [2.75, 3.05) is 14.6 Å². The van der Waals surface area contributed by atoms with Gasteiger partial charge in [0.25, 0.3) is 0 Å². The van der Waals surface area contributed by atoms with E-state index in [1.54, 1.807) is 0 Å². The van der Waals surface area contributed by atoms with Crippen LogP contribution in [-0.2, 0) is 27.1 Å². The topological polar surface area (TPSA) is 36.0 Å². The highest BCUT2D eigenvalue weighted by molar-refractivity contribution is 6.94. The average molecular weight is 1130 g/mol. The van der Waals surface area contributed by atoms with E-state index in [-0.39, 0.29) is 33.9 Å². The maximum Gasteiger partial charge on any atom is 0.333 e. The van der Waals surface area contributed by atoms with E-state index < -0.39 is 0 Å². The van der Waals surface area contributed by atoms with Crippen molar-refractivity contribution in [1.29, 1.82) is 0 Å². The van der Waals surface area contributed by atoms with Crippen molar-refractivity contribution >= 4 is 96.2 Å². The Balaban J connectivity index is 1.04. The minimum Gasteiger partial charge on any atom is -0.464 e. The molecule has 0 saturated heterocycles. The number of hydrogen-bond donors (Lipinski definition) is 0. The fraction of sp³-hybridized carbons (Fsp3) is 0.235. The van der Waals surface area contributed by atoms with E-state index in [4.69, 9.17) is 8.83 Å². The van der Waals surface area contributed by atoms with Crippen molar-refractivity contribution < 1.29 is 8.83 Å². The zero-order chi connectivity index (χ0) is 60.4. The summed E-state index contributed by atoms with van der Waals surface area (Å²) in [5.41, 5.74) is 28.4. The zero-order valence-corrected chi connectivity index (χ0v) is 52.9. The maximum absolute atomic E-state index is 7.38. The lowest BCUT2D eigenvalue weighted by Gasteiger charge is -2.46. The smallest absolute Gasteiger partial charge is 0.333 e. The molecule has 1 aliphatic carbocycles. The number of furan rings is 2. The molecule has 5 nitrogen and oxygen atoms in total. The third kappa shape index (κ3) is 8.63. The van der Waals surface area contributed by atoms with Gasteiger partial charge >= 0.3 is 6.85 Å². The van der Waals surface area contributed by atoms with Gasteiger partial charge in [-0.25, -0.2) is 0 Å². The van der Waals surface area contributed by atoms with Crippen LogP contribution in [-0.4, -0.2) is 6.85 Å². The summed E-state index contributed by atoms with van der Waals surface area (Å²) >= 11 is 0. The van der Waals surface area contributed by atoms with E-state index in [0.717, 1.165) is 95.0 Å². The fourth-order valence-corrected chi connectivity index (χ4v) is 14.4. The van der Waals surface area contributed by atoms with Crippen LogP contribution in [0.25, 0.3) is 66.3 Å². The van der Waals surface area contributed by atoms with E-state index >= 15 is 0 Å². The van der Waals surface area contributed by atoms with E-state index in [9.17, 15) is 0 Å². The number of anilines is 8. The number of nitrogens with zero attached hydrogens (tertiary/aromatic N) is 3. The third-order valence-electron chi connectivity index (χ3n) is 19.3. The zero-order valence-electron chi connectivity index (χ0n) is 52.9. The van der Waals surface area contributed by atoms with Gasteiger partial charge in [0, 0.05) is 78.1 Å². The molecule has 0 unspecified atom stereocenters. The molecule has 430 valence electrons. The van der Waals surface area contributed by atoms with Crippen LogP contribution in [0.4, 0.5) is 45.5 Å². The van der Waals surface area contributed by atoms with Crippen LogP contribution >= 0.6 is 0 Å². The first-order valence-electron chi connectivity index (χ1n) is 31.2. The van der Waals surface area contributed by atoms with Gasteiger partial charge in [-0.3, -0.25) is 0 Å². The molecule has 0 spiro atoms. The minimum atomic E-state index is -0.348. The van der Waals surface area contributed by atoms with Crippen LogP contribution < -0.4 is 25.5 Å². The lowest BCUT2D eigenvalue weighted by Crippen LogP contribution is -2.61. The Morgan fingerprint density at radius 3 is 1.66 bits per heavy atom. The Morgan fingerprint density at radius 2 is 1.01 bits per heavy atom. The summed E-state index contributed by atoms with van der Waals surface area (Å²) in [5.74, 6) is 0. The summed E-state index contributed by atoms with van der Waals surface area (Å²) in [6.07, 6.45) is 1.84. The second-order valence-corrected chi connectivity index (χ2v) is 29.5. The van der Waals surface area contributed by atoms with Crippen molar-refractivity contribution in [2.24, 2.45) is 0 Å². The Morgan fingerprint density at radius 1 is 0.425 bits per heavy atom. The summed E-state index contributed by atoms with van der Waals surface area (Å²) < 4.78 is 13.8. The molecule has 0 saturated carbocycles. The molecular weight excluding hydrogens is 1060 g/mol. The van der Waals surface area contributed by atoms with Gasteiger partial charge in [-0.15, -0.1) is 0 Å². The molecular formula is C81H76BN3O2. The molecule has 6 heteroatoms. The Bertz CT molecular complexity index is 4690. The van der Waals surface area contributed by atoms with Crippen molar-refractivity contribution in [3.8, 4) is 33.4 Å². The van der Waals surface area contributed by atoms with Crippen LogP contribution in [0.5, 0.6) is 0 Å². The molecule has 0 bridgehead atoms. The predicted octanol–water partition coefficient (Wildman–Crippen LogP) is 21.7. The summed E-state index contributed by atoms with van der Waals surface area (Å²) in [5, 5.41) is 3.24. The van der Waals surface area contributed by atoms with E-state index in [1.807, 2.05) is 6.26 Å². The SMILES string of the molecule is CC(C)(C)c1ccc(N2B3c4cc5occc5cc4N(c4ccc(C(C)(C)C)cc4-c4ccccc4)c4cc5c(oc6ccccc65)c(c43)-c3cc4c(cc32)C(C)(C)c2ccc(N(c3ccc(C(C)(C)C)cc3)c3ccc(C(C)(C)C)cc3)cc2-4)cc1. The normalized spacial score (nSPS) is 14.3. The largest absolute Gasteiger partial charge is 0.464 e. The molecule has 0 N–H and O–H groups in total. The molecule has 15 rings (SSSR count). The Labute approximate surface area is 514 Å². The van der Waals surface area contributed by atoms with Crippen LogP contribution in [0.1, 0.15) is 130 Å². The highest BCUT2D eigenvalue weighted by Crippen LogP contribution is 2.58. The first kappa shape index (κ1) is 54.6. The van der Waals surface area contributed by atoms with Gasteiger partial charge in [-0.2, -0.15) is 0 Å². The molecule has 3 aliphatic rings. The molecule has 0 radical (unpaired) electrons. The fourth-order valence-electron chi connectivity index (χ4n) is 14.4. The lowest BCUT2D eigenvalue weighted by molar-refractivity contribution is 0.590. The van der Waals surface area contributed by atoms with Gasteiger partial charge in [0.1, 0.15) is 16.7 Å². The molecule has 2 aliphatic heterocycles. The molecule has 0 atom stereocenters. The predicted molar refractivity (Wildman–Crippen MR) is 370 cm³/mol. The van der Waals surface area contributed by atoms with Gasteiger partial charge in [0.2, 0.25) is 0 Å². The summed E-state index contributed by atoms with van der Waals surface area (Å²) in [6, 6.07) is 76.1. The van der Waals surface area contributed by atoms with E-state index in [0.29, 0.717) is 0 Å². The summed E-state index contributed by atoms with van der Waals surface area (Å²) in [7, 11) is 0. The van der Waals surface area contributed by atoms with Crippen LogP contribution in [0.2, 0.25) is 0 Å². The van der Waals surface area contributed by atoms with Gasteiger partial charge < -0.3 is 23.4 Å². The second kappa shape index (κ2) is 19.0. The monoisotopic (exact) mass is 1130 g/mol. The van der Waals surface area contributed by atoms with Gasteiger partial charge in [0.05, 0.1) is 12.0 Å². The van der Waals surface area contributed by atoms with E-state index in [2.05, 4.69) is 312 Å². The molecule has 87 heavy (non-hydrogen) atoms. The van der Waals surface area contributed by atoms with Crippen molar-refractivity contribution in [2.45, 2.75) is 124 Å². The van der Waals surface area contributed by atoms with Crippen LogP contribution in [0, 0.1) is 0 Å². The Hall–Kier alpha value is -9.00. The van der Waals surface area contributed by atoms with Gasteiger partial charge in [-0.1, -0.05) is 194 Å². The second-order valence-electron chi connectivity index (χ2n) is 29.5. The van der Waals surface area contributed by atoms with Gasteiger partial charge in [-0.05, 0) is 186 Å². The quantitative estimate of drug-likeness (QED) is 0.155. The van der Waals surface area contributed by atoms with Gasteiger partial charge in [0.15, 0.2) is 0 Å². The number of rotatable bonds is 6. The highest BCUT2D eigenvalue weighted by Gasteiger charge is 2.49. The molecule has 12 aromatic rings. The molecule has 10 aromatic carbocycles. The number of para-hydroxylation sites is 1. The van der Waals surface area contributed by atoms with Crippen molar-refractivity contribution in [3.63, 3.8) is 0 Å². The number of fused-ring (bicyclic) bond motifs is 12. The van der Waals surface area contributed by atoms with E-state index in [1.165, 1.54) is 61.1 Å². The molecule has 0 amide bonds. The molecule has 4 heterocycles. The summed E-state index contributed by atoms with van der Waals surface area (Å²) in [6.45, 7) is 32.1. The molecule has 0 fully saturated rings. The van der Waals surface area contributed by atoms with Crippen molar-refractivity contribution in [1.82, 2.24) is 0 Å². The first-order valence-corrected chi connectivity index (χ1v) is 31.2. The summed E-state index contributed by atoms with van der Waals surface area (Å²) in [4.78, 5) is 7.68. The van der Waals surface area contributed by atoms with Crippen LogP contribution in [0.15, 0.2) is 215 Å². The lowest BCUT2D eigenvalue weighted by atomic mass is 9.43. The Kier molecular flexibility index (Phi) is 11.9. The number of benzene rings is 10. The minimum absolute atomic E-state index is 0.0214. The highest BCUT2D eigenvalue weighted by atomic mass is 16.3. The standard InChI is InChI=1S/C81H76BN3O2/c1-77(2,3)51-24-31-55(32-25-51)83(56-33-26-52(27-34-56)78(4,5)6)58-37-38-65-61(44-58)62-45-64-69(47-66(62)81(65,13)14)85(57-35-28-53(29-36-57)79(7,8)9)82-67-48-73-50(40-41-86-73)42-70(67)84(68-39-30-54(80(10,11)12)43-60(68)49-20-16-15-17-21-49)71-46-63-59-22-18-19-23-72(59)87-76(63)74(64)75(71)82/h15-48H,1-14H3. The average Bonchev–Trinajstić information content (AvgIpc) is 1.80. The van der Waals surface area contributed by atoms with Crippen molar-refractivity contribution in [3.05, 3.63) is 240 Å². The molecule has 2 aromatic heterocycles. The maximum atomic E-state index is 7.38.